The van der Waals surface area contributed by atoms with E-state index in [2.05, 4.69) is 12.2 Å². The summed E-state index contributed by atoms with van der Waals surface area (Å²) in [6.45, 7) is 6.73. The van der Waals surface area contributed by atoms with Gasteiger partial charge in [-0.2, -0.15) is 0 Å². The Morgan fingerprint density at radius 2 is 1.78 bits per heavy atom. The molecule has 1 fully saturated rings. The van der Waals surface area contributed by atoms with Crippen molar-refractivity contribution in [2.45, 2.75) is 70.2 Å². The molecule has 0 saturated heterocycles. The van der Waals surface area contributed by atoms with Crippen molar-refractivity contribution in [1.82, 2.24) is 9.62 Å². The van der Waals surface area contributed by atoms with Crippen molar-refractivity contribution < 1.29 is 8.42 Å². The van der Waals surface area contributed by atoms with Crippen LogP contribution < -0.4 is 5.32 Å². The third-order valence-electron chi connectivity index (χ3n) is 3.89. The first kappa shape index (κ1) is 15.9. The number of nitrogens with zero attached hydrogens (tertiary/aromatic N) is 1. The standard InChI is InChI=1S/C13H28N2O2S/c1-5-10-14-12-6-8-13(9-7-12)15(4)18(16,17)11(2)3/h11-14H,5-10H2,1-4H3. The quantitative estimate of drug-likeness (QED) is 0.807. The summed E-state index contributed by atoms with van der Waals surface area (Å²) in [4.78, 5) is 0. The molecule has 5 heteroatoms. The summed E-state index contributed by atoms with van der Waals surface area (Å²) in [6, 6.07) is 0.772. The molecule has 108 valence electrons. The number of sulfonamides is 1. The first-order chi connectivity index (χ1) is 8.39. The van der Waals surface area contributed by atoms with E-state index < -0.39 is 10.0 Å². The molecule has 0 unspecified atom stereocenters. The van der Waals surface area contributed by atoms with E-state index in [1.54, 1.807) is 25.2 Å². The third kappa shape index (κ3) is 3.93. The van der Waals surface area contributed by atoms with Crippen LogP contribution in [0.4, 0.5) is 0 Å². The van der Waals surface area contributed by atoms with Gasteiger partial charge in [0.05, 0.1) is 5.25 Å². The molecule has 18 heavy (non-hydrogen) atoms. The number of nitrogens with one attached hydrogen (secondary N) is 1. The van der Waals surface area contributed by atoms with Gasteiger partial charge in [0.2, 0.25) is 10.0 Å². The van der Waals surface area contributed by atoms with Gasteiger partial charge in [-0.3, -0.25) is 0 Å². The van der Waals surface area contributed by atoms with Crippen LogP contribution in [0.2, 0.25) is 0 Å². The molecule has 0 atom stereocenters. The summed E-state index contributed by atoms with van der Waals surface area (Å²) < 4.78 is 25.8. The summed E-state index contributed by atoms with van der Waals surface area (Å²) in [6.07, 6.45) is 5.28. The second-order valence-corrected chi connectivity index (χ2v) is 8.12. The van der Waals surface area contributed by atoms with E-state index in [9.17, 15) is 8.42 Å². The van der Waals surface area contributed by atoms with Gasteiger partial charge in [0.15, 0.2) is 0 Å². The Kier molecular flexibility index (Phi) is 6.08. The molecule has 1 aliphatic carbocycles. The number of hydrogen-bond acceptors (Lipinski definition) is 3. The molecule has 0 aliphatic heterocycles. The summed E-state index contributed by atoms with van der Waals surface area (Å²) in [5.41, 5.74) is 0. The molecule has 0 aromatic carbocycles. The minimum absolute atomic E-state index is 0.192. The first-order valence-electron chi connectivity index (χ1n) is 7.09. The molecule has 1 aliphatic rings. The topological polar surface area (TPSA) is 49.4 Å². The smallest absolute Gasteiger partial charge is 0.216 e. The molecule has 0 aromatic heterocycles. The van der Waals surface area contributed by atoms with Crippen molar-refractivity contribution >= 4 is 10.0 Å². The summed E-state index contributed by atoms with van der Waals surface area (Å²) in [5, 5.41) is 3.20. The van der Waals surface area contributed by atoms with Crippen LogP contribution in [0, 0.1) is 0 Å². The lowest BCUT2D eigenvalue weighted by Gasteiger charge is -2.35. The lowest BCUT2D eigenvalue weighted by atomic mass is 9.91. The van der Waals surface area contributed by atoms with E-state index in [0.717, 1.165) is 38.6 Å². The maximum atomic E-state index is 12.1. The van der Waals surface area contributed by atoms with E-state index in [1.807, 2.05) is 0 Å². The van der Waals surface area contributed by atoms with Crippen molar-refractivity contribution in [3.63, 3.8) is 0 Å². The van der Waals surface area contributed by atoms with Gasteiger partial charge < -0.3 is 5.32 Å². The van der Waals surface area contributed by atoms with Gasteiger partial charge in [0, 0.05) is 19.1 Å². The fourth-order valence-electron chi connectivity index (χ4n) is 2.53. The molecule has 1 N–H and O–H groups in total. The monoisotopic (exact) mass is 276 g/mol. The molecule has 1 rings (SSSR count). The largest absolute Gasteiger partial charge is 0.314 e. The Bertz CT molecular complexity index is 333. The summed E-state index contributed by atoms with van der Waals surface area (Å²) in [5.74, 6) is 0. The lowest BCUT2D eigenvalue weighted by Crippen LogP contribution is -2.45. The Labute approximate surface area is 112 Å². The molecular weight excluding hydrogens is 248 g/mol. The summed E-state index contributed by atoms with van der Waals surface area (Å²) in [7, 11) is -1.36. The highest BCUT2D eigenvalue weighted by Crippen LogP contribution is 2.25. The molecule has 0 aromatic rings. The predicted octanol–water partition coefficient (Wildman–Crippen LogP) is 1.97. The van der Waals surface area contributed by atoms with E-state index >= 15 is 0 Å². The molecule has 4 nitrogen and oxygen atoms in total. The van der Waals surface area contributed by atoms with Gasteiger partial charge >= 0.3 is 0 Å². The highest BCUT2D eigenvalue weighted by atomic mass is 32.2. The number of hydrogen-bond donors (Lipinski definition) is 1. The molecule has 0 radical (unpaired) electrons. The van der Waals surface area contributed by atoms with E-state index in [1.165, 1.54) is 0 Å². The second-order valence-electron chi connectivity index (χ2n) is 5.57. The van der Waals surface area contributed by atoms with Crippen LogP contribution in [0.25, 0.3) is 0 Å². The molecule has 1 saturated carbocycles. The van der Waals surface area contributed by atoms with Gasteiger partial charge in [-0.1, -0.05) is 6.92 Å². The zero-order valence-electron chi connectivity index (χ0n) is 12.1. The van der Waals surface area contributed by atoms with Gasteiger partial charge in [-0.15, -0.1) is 0 Å². The van der Waals surface area contributed by atoms with Gasteiger partial charge in [0.1, 0.15) is 0 Å². The van der Waals surface area contributed by atoms with Crippen molar-refractivity contribution in [3.8, 4) is 0 Å². The molecule has 0 heterocycles. The Morgan fingerprint density at radius 1 is 1.22 bits per heavy atom. The highest BCUT2D eigenvalue weighted by molar-refractivity contribution is 7.89. The average molecular weight is 276 g/mol. The zero-order valence-corrected chi connectivity index (χ0v) is 13.0. The third-order valence-corrected chi connectivity index (χ3v) is 6.18. The summed E-state index contributed by atoms with van der Waals surface area (Å²) >= 11 is 0. The lowest BCUT2D eigenvalue weighted by molar-refractivity contribution is 0.248. The molecule has 0 spiro atoms. The van der Waals surface area contributed by atoms with Crippen molar-refractivity contribution in [2.24, 2.45) is 0 Å². The van der Waals surface area contributed by atoms with E-state index in [-0.39, 0.29) is 11.3 Å². The van der Waals surface area contributed by atoms with Crippen LogP contribution in [0.5, 0.6) is 0 Å². The van der Waals surface area contributed by atoms with Gasteiger partial charge in [0.25, 0.3) is 0 Å². The van der Waals surface area contributed by atoms with Crippen LogP contribution in [0.15, 0.2) is 0 Å². The van der Waals surface area contributed by atoms with Gasteiger partial charge in [-0.25, -0.2) is 12.7 Å². The van der Waals surface area contributed by atoms with Crippen LogP contribution >= 0.6 is 0 Å². The van der Waals surface area contributed by atoms with Crippen molar-refractivity contribution in [3.05, 3.63) is 0 Å². The van der Waals surface area contributed by atoms with E-state index in [4.69, 9.17) is 0 Å². The fourth-order valence-corrected chi connectivity index (χ4v) is 3.82. The first-order valence-corrected chi connectivity index (χ1v) is 8.60. The van der Waals surface area contributed by atoms with Crippen LogP contribution in [-0.2, 0) is 10.0 Å². The average Bonchev–Trinajstić information content (AvgIpc) is 2.35. The Hall–Kier alpha value is -0.130. The number of rotatable bonds is 6. The highest BCUT2D eigenvalue weighted by Gasteiger charge is 2.31. The Balaban J connectivity index is 2.48. The van der Waals surface area contributed by atoms with E-state index in [0.29, 0.717) is 6.04 Å². The van der Waals surface area contributed by atoms with Crippen molar-refractivity contribution in [2.75, 3.05) is 13.6 Å². The van der Waals surface area contributed by atoms with Gasteiger partial charge in [-0.05, 0) is 52.5 Å². The minimum atomic E-state index is -3.10. The van der Waals surface area contributed by atoms with Crippen LogP contribution in [0.3, 0.4) is 0 Å². The minimum Gasteiger partial charge on any atom is -0.314 e. The maximum absolute atomic E-state index is 12.1. The zero-order chi connectivity index (χ0) is 13.8. The molecule has 0 bridgehead atoms. The molecule has 0 amide bonds. The SMILES string of the molecule is CCCNC1CCC(N(C)S(=O)(=O)C(C)C)CC1. The van der Waals surface area contributed by atoms with Crippen LogP contribution in [0.1, 0.15) is 52.9 Å². The normalized spacial score (nSPS) is 25.9. The maximum Gasteiger partial charge on any atom is 0.216 e. The fraction of sp³-hybridized carbons (Fsp3) is 1.00. The predicted molar refractivity (Wildman–Crippen MR) is 76.2 cm³/mol. The molecular formula is C13H28N2O2S. The van der Waals surface area contributed by atoms with Crippen molar-refractivity contribution in [1.29, 1.82) is 0 Å². The Morgan fingerprint density at radius 3 is 2.22 bits per heavy atom. The van der Waals surface area contributed by atoms with Crippen LogP contribution in [-0.4, -0.2) is 43.6 Å². The second kappa shape index (κ2) is 6.87.